The van der Waals surface area contributed by atoms with Crippen LogP contribution in [0.2, 0.25) is 0 Å². The molecule has 0 spiro atoms. The highest BCUT2D eigenvalue weighted by Gasteiger charge is 2.28. The average Bonchev–Trinajstić information content (AvgIpc) is 2.06. The van der Waals surface area contributed by atoms with Crippen molar-refractivity contribution in [2.75, 3.05) is 5.73 Å². The summed E-state index contributed by atoms with van der Waals surface area (Å²) in [4.78, 5) is 0. The van der Waals surface area contributed by atoms with Crippen molar-refractivity contribution in [3.63, 3.8) is 0 Å². The Bertz CT molecular complexity index is 377. The third kappa shape index (κ3) is 2.66. The molecule has 0 aromatic heterocycles. The minimum atomic E-state index is -4.30. The molecule has 1 rings (SSSR count). The van der Waals surface area contributed by atoms with E-state index in [4.69, 9.17) is 11.0 Å². The first-order valence-electron chi connectivity index (χ1n) is 3.77. The van der Waals surface area contributed by atoms with Gasteiger partial charge in [0.2, 0.25) is 0 Å². The van der Waals surface area contributed by atoms with E-state index in [1.54, 1.807) is 6.07 Å². The lowest BCUT2D eigenvalue weighted by Crippen LogP contribution is -2.13. The molecule has 0 radical (unpaired) electrons. The number of nitrogens with two attached hydrogens (primary N) is 1. The van der Waals surface area contributed by atoms with Crippen molar-refractivity contribution in [2.45, 2.75) is 12.6 Å². The van der Waals surface area contributed by atoms with Gasteiger partial charge in [-0.15, -0.1) is 0 Å². The highest BCUT2D eigenvalue weighted by molar-refractivity contribution is 5.51. The largest absolute Gasteiger partial charge is 0.398 e. The summed E-state index contributed by atoms with van der Waals surface area (Å²) in [6.45, 7) is 0. The summed E-state index contributed by atoms with van der Waals surface area (Å²) in [7, 11) is 0. The Morgan fingerprint density at radius 3 is 2.50 bits per heavy atom. The molecule has 0 saturated carbocycles. The Labute approximate surface area is 78.8 Å². The van der Waals surface area contributed by atoms with E-state index < -0.39 is 12.6 Å². The van der Waals surface area contributed by atoms with E-state index in [1.807, 2.05) is 0 Å². The van der Waals surface area contributed by atoms with Crippen LogP contribution in [0.25, 0.3) is 0 Å². The van der Waals surface area contributed by atoms with Gasteiger partial charge >= 0.3 is 6.18 Å². The number of benzene rings is 1. The molecular weight excluding hydrogens is 193 g/mol. The Hall–Kier alpha value is -1.70. The number of alkyl halides is 3. The third-order valence-corrected chi connectivity index (χ3v) is 1.66. The number of rotatable bonds is 1. The van der Waals surface area contributed by atoms with E-state index in [-0.39, 0.29) is 16.8 Å². The van der Waals surface area contributed by atoms with Crippen LogP contribution in [-0.2, 0) is 6.42 Å². The fraction of sp³-hybridized carbons (Fsp3) is 0.222. The molecule has 0 atom stereocenters. The zero-order chi connectivity index (χ0) is 10.8. The molecule has 0 aliphatic rings. The van der Waals surface area contributed by atoms with Gasteiger partial charge in [-0.1, -0.05) is 0 Å². The molecule has 0 unspecified atom stereocenters. The molecule has 0 saturated heterocycles. The summed E-state index contributed by atoms with van der Waals surface area (Å²) in [6.07, 6.45) is -5.41. The van der Waals surface area contributed by atoms with Crippen molar-refractivity contribution >= 4 is 5.69 Å². The lowest BCUT2D eigenvalue weighted by atomic mass is 10.1. The second-order valence-corrected chi connectivity index (χ2v) is 2.82. The molecule has 2 nitrogen and oxygen atoms in total. The molecule has 2 N–H and O–H groups in total. The second kappa shape index (κ2) is 3.58. The molecule has 0 heterocycles. The zero-order valence-corrected chi connectivity index (χ0v) is 7.10. The Balaban J connectivity index is 3.03. The van der Waals surface area contributed by atoms with Gasteiger partial charge in [0.15, 0.2) is 0 Å². The topological polar surface area (TPSA) is 49.8 Å². The molecule has 0 amide bonds. The molecule has 0 bridgehead atoms. The number of nitrogen functional groups attached to an aromatic ring is 1. The van der Waals surface area contributed by atoms with Crippen molar-refractivity contribution in [2.24, 2.45) is 0 Å². The first-order chi connectivity index (χ1) is 6.42. The predicted octanol–water partition coefficient (Wildman–Crippen LogP) is 2.25. The van der Waals surface area contributed by atoms with Gasteiger partial charge in [0.05, 0.1) is 18.1 Å². The van der Waals surface area contributed by atoms with Crippen molar-refractivity contribution < 1.29 is 13.2 Å². The van der Waals surface area contributed by atoms with E-state index in [1.165, 1.54) is 12.1 Å². The zero-order valence-electron chi connectivity index (χ0n) is 7.10. The fourth-order valence-electron chi connectivity index (χ4n) is 1.04. The minimum absolute atomic E-state index is 0.0568. The molecule has 0 fully saturated rings. The van der Waals surface area contributed by atoms with Crippen LogP contribution >= 0.6 is 0 Å². The molecule has 1 aromatic carbocycles. The molecule has 0 aliphatic carbocycles. The monoisotopic (exact) mass is 200 g/mol. The van der Waals surface area contributed by atoms with Gasteiger partial charge in [0, 0.05) is 5.69 Å². The lowest BCUT2D eigenvalue weighted by Gasteiger charge is -2.08. The number of halogens is 3. The minimum Gasteiger partial charge on any atom is -0.398 e. The maximum Gasteiger partial charge on any atom is 0.393 e. The van der Waals surface area contributed by atoms with Gasteiger partial charge < -0.3 is 5.73 Å². The van der Waals surface area contributed by atoms with Crippen molar-refractivity contribution in [1.82, 2.24) is 0 Å². The van der Waals surface area contributed by atoms with Gasteiger partial charge in [-0.3, -0.25) is 0 Å². The van der Waals surface area contributed by atoms with E-state index >= 15 is 0 Å². The van der Waals surface area contributed by atoms with Crippen molar-refractivity contribution in [3.8, 4) is 6.07 Å². The van der Waals surface area contributed by atoms with Crippen LogP contribution in [0.1, 0.15) is 11.1 Å². The van der Waals surface area contributed by atoms with Crippen LogP contribution in [0.15, 0.2) is 18.2 Å². The number of hydrogen-bond acceptors (Lipinski definition) is 2. The Kier molecular flexibility index (Phi) is 2.65. The average molecular weight is 200 g/mol. The third-order valence-electron chi connectivity index (χ3n) is 1.66. The molecule has 0 aliphatic heterocycles. The first-order valence-corrected chi connectivity index (χ1v) is 3.77. The molecule has 14 heavy (non-hydrogen) atoms. The maximum absolute atomic E-state index is 12.0. The predicted molar refractivity (Wildman–Crippen MR) is 45.3 cm³/mol. The second-order valence-electron chi connectivity index (χ2n) is 2.82. The standard InChI is InChI=1S/C9H7F3N2/c10-9(11,12)4-7-3-6(5-13)1-2-8(7)14/h1-3H,4,14H2. The van der Waals surface area contributed by atoms with Crippen LogP contribution in [0.5, 0.6) is 0 Å². The van der Waals surface area contributed by atoms with E-state index in [9.17, 15) is 13.2 Å². The van der Waals surface area contributed by atoms with Crippen LogP contribution in [0, 0.1) is 11.3 Å². The maximum atomic E-state index is 12.0. The fourth-order valence-corrected chi connectivity index (χ4v) is 1.04. The molecule has 74 valence electrons. The quantitative estimate of drug-likeness (QED) is 0.707. The van der Waals surface area contributed by atoms with E-state index in [2.05, 4.69) is 0 Å². The summed E-state index contributed by atoms with van der Waals surface area (Å²) >= 11 is 0. The van der Waals surface area contributed by atoms with Crippen LogP contribution in [0.4, 0.5) is 18.9 Å². The lowest BCUT2D eigenvalue weighted by molar-refractivity contribution is -0.127. The van der Waals surface area contributed by atoms with Gasteiger partial charge in [-0.25, -0.2) is 0 Å². The van der Waals surface area contributed by atoms with E-state index in [0.29, 0.717) is 0 Å². The number of anilines is 1. The molecular formula is C9H7F3N2. The van der Waals surface area contributed by atoms with E-state index in [0.717, 1.165) is 6.07 Å². The summed E-state index contributed by atoms with van der Waals surface area (Å²) in [6, 6.07) is 5.60. The van der Waals surface area contributed by atoms with Gasteiger partial charge in [0.1, 0.15) is 0 Å². The summed E-state index contributed by atoms with van der Waals surface area (Å²) < 4.78 is 36.1. The van der Waals surface area contributed by atoms with Crippen LogP contribution < -0.4 is 5.73 Å². The van der Waals surface area contributed by atoms with Crippen molar-refractivity contribution in [1.29, 1.82) is 5.26 Å². The summed E-state index contributed by atoms with van der Waals surface area (Å²) in [5.74, 6) is 0. The number of nitriles is 1. The smallest absolute Gasteiger partial charge is 0.393 e. The van der Waals surface area contributed by atoms with Crippen LogP contribution in [0.3, 0.4) is 0 Å². The van der Waals surface area contributed by atoms with Gasteiger partial charge in [0.25, 0.3) is 0 Å². The highest BCUT2D eigenvalue weighted by atomic mass is 19.4. The van der Waals surface area contributed by atoms with Crippen molar-refractivity contribution in [3.05, 3.63) is 29.3 Å². The molecule has 1 aromatic rings. The Morgan fingerprint density at radius 1 is 1.36 bits per heavy atom. The normalized spacial score (nSPS) is 11.0. The first kappa shape index (κ1) is 10.4. The molecule has 5 heteroatoms. The van der Waals surface area contributed by atoms with Gasteiger partial charge in [-0.2, -0.15) is 18.4 Å². The number of hydrogen-bond donors (Lipinski definition) is 1. The Morgan fingerprint density at radius 2 is 2.00 bits per heavy atom. The SMILES string of the molecule is N#Cc1ccc(N)c(CC(F)(F)F)c1. The highest BCUT2D eigenvalue weighted by Crippen LogP contribution is 2.25. The van der Waals surface area contributed by atoms with Crippen LogP contribution in [-0.4, -0.2) is 6.18 Å². The summed E-state index contributed by atoms with van der Waals surface area (Å²) in [5.41, 5.74) is 5.52. The summed E-state index contributed by atoms with van der Waals surface area (Å²) in [5, 5.41) is 8.48. The van der Waals surface area contributed by atoms with Gasteiger partial charge in [-0.05, 0) is 23.8 Å². The number of nitrogens with zero attached hydrogens (tertiary/aromatic N) is 1.